The van der Waals surface area contributed by atoms with Crippen LogP contribution in [0.1, 0.15) is 11.6 Å². The van der Waals surface area contributed by atoms with Crippen LogP contribution >= 0.6 is 11.6 Å². The smallest absolute Gasteiger partial charge is 0.129 e. The summed E-state index contributed by atoms with van der Waals surface area (Å²) in [6.07, 6.45) is 0. The number of halogens is 2. The summed E-state index contributed by atoms with van der Waals surface area (Å²) < 4.78 is 13.5. The Morgan fingerprint density at radius 3 is 2.57 bits per heavy atom. The molecule has 1 aromatic rings. The average Bonchev–Trinajstić information content (AvgIpc) is 2.09. The summed E-state index contributed by atoms with van der Waals surface area (Å²) in [5, 5.41) is 0.403. The SMILES string of the molecule is CN(C)C(CN)c1ccc(Cl)cc1F. The minimum absolute atomic E-state index is 0.104. The standard InChI is InChI=1S/C10H14ClFN2/c1-14(2)10(6-13)8-4-3-7(11)5-9(8)12/h3-5,10H,6,13H2,1-2H3. The van der Waals surface area contributed by atoms with Gasteiger partial charge in [0.15, 0.2) is 0 Å². The predicted molar refractivity (Wildman–Crippen MR) is 56.9 cm³/mol. The molecule has 4 heteroatoms. The Morgan fingerprint density at radius 1 is 1.50 bits per heavy atom. The number of nitrogens with two attached hydrogens (primary N) is 1. The molecule has 0 spiro atoms. The number of benzene rings is 1. The van der Waals surface area contributed by atoms with Crippen LogP contribution in [0.5, 0.6) is 0 Å². The lowest BCUT2D eigenvalue weighted by molar-refractivity contribution is 0.298. The summed E-state index contributed by atoms with van der Waals surface area (Å²) in [7, 11) is 3.73. The summed E-state index contributed by atoms with van der Waals surface area (Å²) in [5.41, 5.74) is 6.16. The molecule has 0 saturated carbocycles. The highest BCUT2D eigenvalue weighted by atomic mass is 35.5. The van der Waals surface area contributed by atoms with Crippen molar-refractivity contribution in [2.24, 2.45) is 5.73 Å². The molecule has 0 fully saturated rings. The molecule has 0 aliphatic heterocycles. The molecule has 1 unspecified atom stereocenters. The van der Waals surface area contributed by atoms with Gasteiger partial charge in [0.05, 0.1) is 0 Å². The van der Waals surface area contributed by atoms with Crippen LogP contribution in [0.15, 0.2) is 18.2 Å². The maximum Gasteiger partial charge on any atom is 0.129 e. The number of rotatable bonds is 3. The van der Waals surface area contributed by atoms with Crippen molar-refractivity contribution in [3.63, 3.8) is 0 Å². The first-order valence-electron chi connectivity index (χ1n) is 4.37. The van der Waals surface area contributed by atoms with Gasteiger partial charge in [0.1, 0.15) is 5.82 Å². The van der Waals surface area contributed by atoms with Gasteiger partial charge in [0, 0.05) is 23.2 Å². The van der Waals surface area contributed by atoms with E-state index in [0.717, 1.165) is 0 Å². The molecular weight excluding hydrogens is 203 g/mol. The van der Waals surface area contributed by atoms with Crippen LogP contribution in [0.25, 0.3) is 0 Å². The summed E-state index contributed by atoms with van der Waals surface area (Å²) >= 11 is 5.66. The van der Waals surface area contributed by atoms with E-state index < -0.39 is 0 Å². The van der Waals surface area contributed by atoms with Gasteiger partial charge in [-0.15, -0.1) is 0 Å². The molecule has 0 amide bonds. The van der Waals surface area contributed by atoms with Crippen LogP contribution < -0.4 is 5.73 Å². The Morgan fingerprint density at radius 2 is 2.14 bits per heavy atom. The second kappa shape index (κ2) is 4.73. The maximum atomic E-state index is 13.5. The maximum absolute atomic E-state index is 13.5. The Balaban J connectivity index is 3.04. The van der Waals surface area contributed by atoms with Crippen molar-refractivity contribution in [3.8, 4) is 0 Å². The molecule has 2 N–H and O–H groups in total. The van der Waals surface area contributed by atoms with Crippen molar-refractivity contribution in [3.05, 3.63) is 34.6 Å². The van der Waals surface area contributed by atoms with Crippen LogP contribution in [-0.4, -0.2) is 25.5 Å². The van der Waals surface area contributed by atoms with Crippen molar-refractivity contribution in [1.82, 2.24) is 4.90 Å². The third-order valence-corrected chi connectivity index (χ3v) is 2.40. The first kappa shape index (κ1) is 11.4. The second-order valence-electron chi connectivity index (χ2n) is 3.38. The number of hydrogen-bond acceptors (Lipinski definition) is 2. The Bertz CT molecular complexity index is 315. The summed E-state index contributed by atoms with van der Waals surface area (Å²) in [6.45, 7) is 0.381. The fourth-order valence-electron chi connectivity index (χ4n) is 1.39. The van der Waals surface area contributed by atoms with E-state index in [1.165, 1.54) is 6.07 Å². The highest BCUT2D eigenvalue weighted by Crippen LogP contribution is 2.22. The molecule has 0 aliphatic rings. The van der Waals surface area contributed by atoms with Crippen molar-refractivity contribution < 1.29 is 4.39 Å². The van der Waals surface area contributed by atoms with E-state index >= 15 is 0 Å². The van der Waals surface area contributed by atoms with E-state index in [9.17, 15) is 4.39 Å². The minimum atomic E-state index is -0.304. The molecule has 0 bridgehead atoms. The van der Waals surface area contributed by atoms with Crippen LogP contribution in [0.3, 0.4) is 0 Å². The van der Waals surface area contributed by atoms with E-state index in [0.29, 0.717) is 17.1 Å². The zero-order valence-electron chi connectivity index (χ0n) is 8.30. The van der Waals surface area contributed by atoms with Crippen LogP contribution in [0.4, 0.5) is 4.39 Å². The van der Waals surface area contributed by atoms with Gasteiger partial charge in [-0.3, -0.25) is 0 Å². The molecule has 14 heavy (non-hydrogen) atoms. The Labute approximate surface area is 88.5 Å². The van der Waals surface area contributed by atoms with E-state index in [4.69, 9.17) is 17.3 Å². The third-order valence-electron chi connectivity index (χ3n) is 2.17. The van der Waals surface area contributed by atoms with E-state index in [2.05, 4.69) is 0 Å². The molecule has 0 heterocycles. The van der Waals surface area contributed by atoms with E-state index in [1.807, 2.05) is 19.0 Å². The number of likely N-dealkylation sites (N-methyl/N-ethyl adjacent to an activating group) is 1. The highest BCUT2D eigenvalue weighted by molar-refractivity contribution is 6.30. The van der Waals surface area contributed by atoms with Gasteiger partial charge < -0.3 is 10.6 Å². The van der Waals surface area contributed by atoms with Crippen LogP contribution in [0.2, 0.25) is 5.02 Å². The fraction of sp³-hybridized carbons (Fsp3) is 0.400. The zero-order valence-corrected chi connectivity index (χ0v) is 9.05. The van der Waals surface area contributed by atoms with Crippen molar-refractivity contribution in [1.29, 1.82) is 0 Å². The number of hydrogen-bond donors (Lipinski definition) is 1. The van der Waals surface area contributed by atoms with Crippen molar-refractivity contribution in [2.75, 3.05) is 20.6 Å². The highest BCUT2D eigenvalue weighted by Gasteiger charge is 2.16. The lowest BCUT2D eigenvalue weighted by Crippen LogP contribution is -2.27. The molecule has 0 saturated heterocycles. The Hall–Kier alpha value is -0.640. The lowest BCUT2D eigenvalue weighted by atomic mass is 10.1. The first-order chi connectivity index (χ1) is 6.56. The molecule has 1 aromatic carbocycles. The third kappa shape index (κ3) is 2.44. The molecule has 78 valence electrons. The van der Waals surface area contributed by atoms with E-state index in [-0.39, 0.29) is 11.9 Å². The topological polar surface area (TPSA) is 29.3 Å². The molecule has 0 aromatic heterocycles. The van der Waals surface area contributed by atoms with Gasteiger partial charge in [-0.05, 0) is 26.2 Å². The predicted octanol–water partition coefficient (Wildman–Crippen LogP) is 2.04. The summed E-state index contributed by atoms with van der Waals surface area (Å²) in [4.78, 5) is 1.88. The van der Waals surface area contributed by atoms with Gasteiger partial charge >= 0.3 is 0 Å². The van der Waals surface area contributed by atoms with Gasteiger partial charge in [-0.2, -0.15) is 0 Å². The molecule has 1 atom stereocenters. The van der Waals surface area contributed by atoms with Gasteiger partial charge in [-0.1, -0.05) is 17.7 Å². The van der Waals surface area contributed by atoms with E-state index in [1.54, 1.807) is 12.1 Å². The summed E-state index contributed by atoms with van der Waals surface area (Å²) in [5.74, 6) is -0.304. The lowest BCUT2D eigenvalue weighted by Gasteiger charge is -2.23. The van der Waals surface area contributed by atoms with Gasteiger partial charge in [0.2, 0.25) is 0 Å². The molecule has 0 radical (unpaired) electrons. The van der Waals surface area contributed by atoms with Crippen LogP contribution in [-0.2, 0) is 0 Å². The zero-order chi connectivity index (χ0) is 10.7. The Kier molecular flexibility index (Phi) is 3.86. The summed E-state index contributed by atoms with van der Waals surface area (Å²) in [6, 6.07) is 4.55. The fourth-order valence-corrected chi connectivity index (χ4v) is 1.55. The molecule has 1 rings (SSSR count). The minimum Gasteiger partial charge on any atom is -0.329 e. The first-order valence-corrected chi connectivity index (χ1v) is 4.75. The van der Waals surface area contributed by atoms with Crippen molar-refractivity contribution >= 4 is 11.6 Å². The van der Waals surface area contributed by atoms with Gasteiger partial charge in [0.25, 0.3) is 0 Å². The van der Waals surface area contributed by atoms with Gasteiger partial charge in [-0.25, -0.2) is 4.39 Å². The quantitative estimate of drug-likeness (QED) is 0.838. The second-order valence-corrected chi connectivity index (χ2v) is 3.82. The largest absolute Gasteiger partial charge is 0.329 e. The van der Waals surface area contributed by atoms with Crippen molar-refractivity contribution in [2.45, 2.75) is 6.04 Å². The molecule has 2 nitrogen and oxygen atoms in total. The average molecular weight is 217 g/mol. The normalized spacial score (nSPS) is 13.3. The molecule has 0 aliphatic carbocycles. The monoisotopic (exact) mass is 216 g/mol. The molecular formula is C10H14ClFN2. The van der Waals surface area contributed by atoms with Crippen LogP contribution in [0, 0.1) is 5.82 Å². The number of nitrogens with zero attached hydrogens (tertiary/aromatic N) is 1.